The predicted octanol–water partition coefficient (Wildman–Crippen LogP) is 3.79. The summed E-state index contributed by atoms with van der Waals surface area (Å²) < 4.78 is 0. The average molecular weight is 516 g/mol. The standard InChI is InChI=1S/C20H26ClN5O.HI/c1-3-22-20(24-12-9-16-6-4-5-11-23-16)25-13-10-19(27)26-18-8-7-15(2)14-17(18)21;/h4-8,11,14H,3,9-10,12-13H2,1-2H3,(H,26,27)(H2,22,24,25);1H. The second-order valence-electron chi connectivity index (χ2n) is 6.04. The number of carbonyl (C=O) groups is 1. The second kappa shape index (κ2) is 13.3. The molecule has 0 aliphatic carbocycles. The van der Waals surface area contributed by atoms with Gasteiger partial charge < -0.3 is 16.0 Å². The van der Waals surface area contributed by atoms with E-state index in [0.29, 0.717) is 29.8 Å². The van der Waals surface area contributed by atoms with E-state index in [1.54, 1.807) is 6.20 Å². The third kappa shape index (κ3) is 8.88. The Morgan fingerprint density at radius 3 is 2.71 bits per heavy atom. The van der Waals surface area contributed by atoms with E-state index in [2.05, 4.69) is 25.9 Å². The van der Waals surface area contributed by atoms with E-state index < -0.39 is 0 Å². The van der Waals surface area contributed by atoms with E-state index in [1.807, 2.05) is 50.2 Å². The zero-order valence-corrected chi connectivity index (χ0v) is 19.3. The summed E-state index contributed by atoms with van der Waals surface area (Å²) in [6.07, 6.45) is 2.87. The molecule has 1 aromatic heterocycles. The Morgan fingerprint density at radius 1 is 1.21 bits per heavy atom. The number of aryl methyl sites for hydroxylation is 1. The Labute approximate surface area is 188 Å². The first-order chi connectivity index (χ1) is 13.1. The van der Waals surface area contributed by atoms with Crippen LogP contribution in [0.4, 0.5) is 5.69 Å². The molecule has 1 heterocycles. The minimum atomic E-state index is -0.117. The van der Waals surface area contributed by atoms with Crippen LogP contribution in [0.1, 0.15) is 24.6 Å². The van der Waals surface area contributed by atoms with Crippen LogP contribution in [0.2, 0.25) is 5.02 Å². The third-order valence-electron chi connectivity index (χ3n) is 3.75. The topological polar surface area (TPSA) is 78.4 Å². The van der Waals surface area contributed by atoms with Gasteiger partial charge in [0.25, 0.3) is 0 Å². The van der Waals surface area contributed by atoms with Gasteiger partial charge in [0.1, 0.15) is 0 Å². The van der Waals surface area contributed by atoms with Crippen LogP contribution in [0.15, 0.2) is 47.6 Å². The SMILES string of the molecule is CCNC(=NCCC(=O)Nc1ccc(C)cc1Cl)NCCc1ccccn1.I. The van der Waals surface area contributed by atoms with Crippen LogP contribution in [0.25, 0.3) is 0 Å². The minimum Gasteiger partial charge on any atom is -0.357 e. The van der Waals surface area contributed by atoms with E-state index in [9.17, 15) is 4.79 Å². The van der Waals surface area contributed by atoms with Crippen molar-refractivity contribution in [2.24, 2.45) is 4.99 Å². The van der Waals surface area contributed by atoms with Gasteiger partial charge in [-0.2, -0.15) is 0 Å². The highest BCUT2D eigenvalue weighted by atomic mass is 127. The summed E-state index contributed by atoms with van der Waals surface area (Å²) in [6, 6.07) is 11.4. The van der Waals surface area contributed by atoms with Gasteiger partial charge in [0, 0.05) is 37.8 Å². The fourth-order valence-electron chi connectivity index (χ4n) is 2.40. The largest absolute Gasteiger partial charge is 0.357 e. The van der Waals surface area contributed by atoms with Gasteiger partial charge in [0.05, 0.1) is 17.3 Å². The van der Waals surface area contributed by atoms with Crippen LogP contribution < -0.4 is 16.0 Å². The maximum Gasteiger partial charge on any atom is 0.226 e. The Hall–Kier alpha value is -1.87. The molecule has 0 radical (unpaired) electrons. The summed E-state index contributed by atoms with van der Waals surface area (Å²) in [5.74, 6) is 0.573. The van der Waals surface area contributed by atoms with Gasteiger partial charge in [-0.05, 0) is 43.7 Å². The number of guanidine groups is 1. The number of hydrogen-bond donors (Lipinski definition) is 3. The van der Waals surface area contributed by atoms with Crippen molar-refractivity contribution in [2.45, 2.75) is 26.7 Å². The Morgan fingerprint density at radius 2 is 2.04 bits per heavy atom. The molecule has 6 nitrogen and oxygen atoms in total. The lowest BCUT2D eigenvalue weighted by molar-refractivity contribution is -0.116. The van der Waals surface area contributed by atoms with Crippen LogP contribution in [-0.2, 0) is 11.2 Å². The lowest BCUT2D eigenvalue weighted by atomic mass is 10.2. The Bertz CT molecular complexity index is 770. The van der Waals surface area contributed by atoms with Crippen LogP contribution in [0, 0.1) is 6.92 Å². The first-order valence-corrected chi connectivity index (χ1v) is 9.44. The number of halogens is 2. The molecule has 0 unspecified atom stereocenters. The number of rotatable bonds is 8. The van der Waals surface area contributed by atoms with E-state index >= 15 is 0 Å². The first-order valence-electron chi connectivity index (χ1n) is 9.06. The molecule has 0 aliphatic heterocycles. The van der Waals surface area contributed by atoms with Gasteiger partial charge in [0.2, 0.25) is 5.91 Å². The molecule has 0 atom stereocenters. The molecule has 1 amide bonds. The van der Waals surface area contributed by atoms with Crippen molar-refractivity contribution in [3.63, 3.8) is 0 Å². The summed E-state index contributed by atoms with van der Waals surface area (Å²) in [4.78, 5) is 20.8. The fraction of sp³-hybridized carbons (Fsp3) is 0.350. The zero-order valence-electron chi connectivity index (χ0n) is 16.2. The van der Waals surface area contributed by atoms with Gasteiger partial charge in [-0.25, -0.2) is 0 Å². The highest BCUT2D eigenvalue weighted by molar-refractivity contribution is 14.0. The summed E-state index contributed by atoms with van der Waals surface area (Å²) in [7, 11) is 0. The molecule has 0 saturated heterocycles. The van der Waals surface area contributed by atoms with Gasteiger partial charge in [-0.3, -0.25) is 14.8 Å². The lowest BCUT2D eigenvalue weighted by Crippen LogP contribution is -2.38. The molecule has 1 aromatic carbocycles. The van der Waals surface area contributed by atoms with Crippen LogP contribution in [0.3, 0.4) is 0 Å². The number of nitrogens with one attached hydrogen (secondary N) is 3. The number of aromatic nitrogens is 1. The van der Waals surface area contributed by atoms with Crippen LogP contribution in [0.5, 0.6) is 0 Å². The number of hydrogen-bond acceptors (Lipinski definition) is 3. The Kier molecular flexibility index (Phi) is 11.5. The minimum absolute atomic E-state index is 0. The molecular formula is C20H27ClIN5O. The van der Waals surface area contributed by atoms with Crippen molar-refractivity contribution in [1.29, 1.82) is 0 Å². The number of nitrogens with zero attached hydrogens (tertiary/aromatic N) is 2. The van der Waals surface area contributed by atoms with E-state index in [4.69, 9.17) is 11.6 Å². The first kappa shape index (κ1) is 24.2. The molecule has 0 spiro atoms. The van der Waals surface area contributed by atoms with Crippen molar-refractivity contribution in [1.82, 2.24) is 15.6 Å². The number of anilines is 1. The van der Waals surface area contributed by atoms with E-state index in [0.717, 1.165) is 24.2 Å². The quantitative estimate of drug-likeness (QED) is 0.284. The summed E-state index contributed by atoms with van der Waals surface area (Å²) in [5, 5.41) is 9.78. The number of benzene rings is 1. The van der Waals surface area contributed by atoms with Crippen molar-refractivity contribution < 1.29 is 4.79 Å². The summed E-state index contributed by atoms with van der Waals surface area (Å²) >= 11 is 6.14. The van der Waals surface area contributed by atoms with Crippen molar-refractivity contribution >= 4 is 53.1 Å². The summed E-state index contributed by atoms with van der Waals surface area (Å²) in [6.45, 7) is 5.81. The molecule has 2 rings (SSSR count). The summed E-state index contributed by atoms with van der Waals surface area (Å²) in [5.41, 5.74) is 2.70. The molecule has 28 heavy (non-hydrogen) atoms. The molecule has 152 valence electrons. The Balaban J connectivity index is 0.00000392. The molecule has 0 saturated carbocycles. The number of aliphatic imine (C=N–C) groups is 1. The van der Waals surface area contributed by atoms with E-state index in [-0.39, 0.29) is 36.3 Å². The number of carbonyl (C=O) groups excluding carboxylic acids is 1. The predicted molar refractivity (Wildman–Crippen MR) is 127 cm³/mol. The monoisotopic (exact) mass is 515 g/mol. The van der Waals surface area contributed by atoms with Gasteiger partial charge in [-0.1, -0.05) is 23.7 Å². The molecule has 8 heteroatoms. The van der Waals surface area contributed by atoms with Crippen LogP contribution in [-0.4, -0.2) is 36.5 Å². The van der Waals surface area contributed by atoms with E-state index in [1.165, 1.54) is 0 Å². The lowest BCUT2D eigenvalue weighted by Gasteiger charge is -2.11. The average Bonchev–Trinajstić information content (AvgIpc) is 2.65. The van der Waals surface area contributed by atoms with Crippen LogP contribution >= 0.6 is 35.6 Å². The maximum atomic E-state index is 12.1. The maximum absolute atomic E-state index is 12.1. The molecule has 0 fully saturated rings. The second-order valence-corrected chi connectivity index (χ2v) is 6.45. The highest BCUT2D eigenvalue weighted by Crippen LogP contribution is 2.22. The fourth-order valence-corrected chi connectivity index (χ4v) is 2.68. The van der Waals surface area contributed by atoms with Gasteiger partial charge in [-0.15, -0.1) is 24.0 Å². The molecule has 0 bridgehead atoms. The zero-order chi connectivity index (χ0) is 19.5. The molecular weight excluding hydrogens is 489 g/mol. The molecule has 0 aliphatic rings. The van der Waals surface area contributed by atoms with Gasteiger partial charge in [0.15, 0.2) is 5.96 Å². The smallest absolute Gasteiger partial charge is 0.226 e. The third-order valence-corrected chi connectivity index (χ3v) is 4.06. The van der Waals surface area contributed by atoms with Crippen molar-refractivity contribution in [2.75, 3.05) is 25.0 Å². The van der Waals surface area contributed by atoms with Crippen molar-refractivity contribution in [3.8, 4) is 0 Å². The number of amides is 1. The van der Waals surface area contributed by atoms with Gasteiger partial charge >= 0.3 is 0 Å². The normalized spacial score (nSPS) is 10.8. The molecule has 3 N–H and O–H groups in total. The molecule has 2 aromatic rings. The van der Waals surface area contributed by atoms with Crippen molar-refractivity contribution in [3.05, 3.63) is 58.9 Å². The number of pyridine rings is 1. The highest BCUT2D eigenvalue weighted by Gasteiger charge is 2.06.